The number of carbonyl (C=O) groups is 1. The van der Waals surface area contributed by atoms with Crippen molar-refractivity contribution in [2.24, 2.45) is 4.99 Å². The molecular formula is C22H22ClN3OS. The summed E-state index contributed by atoms with van der Waals surface area (Å²) in [6.45, 7) is 2.05. The Kier molecular flexibility index (Phi) is 5.83. The van der Waals surface area contributed by atoms with E-state index in [1.165, 1.54) is 23.7 Å². The van der Waals surface area contributed by atoms with Crippen molar-refractivity contribution in [3.8, 4) is 0 Å². The highest BCUT2D eigenvalue weighted by Gasteiger charge is 2.38. The maximum absolute atomic E-state index is 13.3. The summed E-state index contributed by atoms with van der Waals surface area (Å²) in [7, 11) is 0. The molecule has 0 radical (unpaired) electrons. The minimum atomic E-state index is 0.0438. The van der Waals surface area contributed by atoms with E-state index in [4.69, 9.17) is 16.6 Å². The van der Waals surface area contributed by atoms with E-state index in [-0.39, 0.29) is 11.9 Å². The van der Waals surface area contributed by atoms with Crippen LogP contribution in [-0.4, -0.2) is 27.0 Å². The van der Waals surface area contributed by atoms with Crippen molar-refractivity contribution >= 4 is 46.2 Å². The SMILES string of the molecule is Cc1cccc(/C=C2\SC(=Nc3ccncc3Cl)N(C3CCCCC3)C2=O)c1. The molecule has 6 heteroatoms. The van der Waals surface area contributed by atoms with Crippen molar-refractivity contribution in [3.05, 3.63) is 63.8 Å². The van der Waals surface area contributed by atoms with Crippen LogP contribution in [0.15, 0.2) is 52.6 Å². The Morgan fingerprint density at radius 1 is 1.25 bits per heavy atom. The maximum Gasteiger partial charge on any atom is 0.267 e. The number of aromatic nitrogens is 1. The van der Waals surface area contributed by atoms with Gasteiger partial charge in [0.05, 0.1) is 15.6 Å². The Bertz CT molecular complexity index is 950. The van der Waals surface area contributed by atoms with Crippen LogP contribution in [0.25, 0.3) is 6.08 Å². The summed E-state index contributed by atoms with van der Waals surface area (Å²) < 4.78 is 0. The topological polar surface area (TPSA) is 45.6 Å². The van der Waals surface area contributed by atoms with Crippen LogP contribution in [0.2, 0.25) is 5.02 Å². The molecule has 2 heterocycles. The fraction of sp³-hybridized carbons (Fsp3) is 0.318. The van der Waals surface area contributed by atoms with Crippen molar-refractivity contribution in [1.82, 2.24) is 9.88 Å². The zero-order chi connectivity index (χ0) is 19.5. The predicted octanol–water partition coefficient (Wildman–Crippen LogP) is 5.98. The fourth-order valence-corrected chi connectivity index (χ4v) is 4.91. The van der Waals surface area contributed by atoms with E-state index in [2.05, 4.69) is 24.0 Å². The highest BCUT2D eigenvalue weighted by atomic mass is 35.5. The van der Waals surface area contributed by atoms with E-state index < -0.39 is 0 Å². The number of halogens is 1. The van der Waals surface area contributed by atoms with Crippen LogP contribution in [0.3, 0.4) is 0 Å². The molecule has 1 saturated heterocycles. The van der Waals surface area contributed by atoms with Crippen LogP contribution in [0.5, 0.6) is 0 Å². The largest absolute Gasteiger partial charge is 0.283 e. The average Bonchev–Trinajstić information content (AvgIpc) is 2.99. The monoisotopic (exact) mass is 411 g/mol. The number of aryl methyl sites for hydroxylation is 1. The van der Waals surface area contributed by atoms with Gasteiger partial charge in [0.25, 0.3) is 5.91 Å². The quantitative estimate of drug-likeness (QED) is 0.583. The first-order valence-electron chi connectivity index (χ1n) is 9.60. The van der Waals surface area contributed by atoms with Gasteiger partial charge in [-0.05, 0) is 49.2 Å². The second-order valence-corrected chi connectivity index (χ2v) is 8.63. The Morgan fingerprint density at radius 3 is 2.82 bits per heavy atom. The predicted molar refractivity (Wildman–Crippen MR) is 117 cm³/mol. The second-order valence-electron chi connectivity index (χ2n) is 7.21. The molecule has 4 rings (SSSR count). The number of hydrogen-bond donors (Lipinski definition) is 0. The lowest BCUT2D eigenvalue weighted by atomic mass is 9.94. The third-order valence-electron chi connectivity index (χ3n) is 5.08. The zero-order valence-corrected chi connectivity index (χ0v) is 17.3. The lowest BCUT2D eigenvalue weighted by Crippen LogP contribution is -2.40. The Labute approximate surface area is 174 Å². The molecule has 1 aliphatic carbocycles. The van der Waals surface area contributed by atoms with Gasteiger partial charge in [-0.15, -0.1) is 0 Å². The number of amidine groups is 1. The highest BCUT2D eigenvalue weighted by Crippen LogP contribution is 2.39. The number of thioether (sulfide) groups is 1. The van der Waals surface area contributed by atoms with Gasteiger partial charge in [-0.1, -0.05) is 60.7 Å². The van der Waals surface area contributed by atoms with Crippen molar-refractivity contribution < 1.29 is 4.79 Å². The van der Waals surface area contributed by atoms with E-state index in [0.717, 1.165) is 31.2 Å². The maximum atomic E-state index is 13.3. The normalized spacial score (nSPS) is 21.1. The molecule has 4 nitrogen and oxygen atoms in total. The Balaban J connectivity index is 1.72. The summed E-state index contributed by atoms with van der Waals surface area (Å²) in [5.74, 6) is 0.0438. The van der Waals surface area contributed by atoms with Crippen LogP contribution in [0, 0.1) is 6.92 Å². The van der Waals surface area contributed by atoms with Crippen LogP contribution < -0.4 is 0 Å². The van der Waals surface area contributed by atoms with Gasteiger partial charge >= 0.3 is 0 Å². The molecule has 2 aromatic rings. The first-order chi connectivity index (χ1) is 13.6. The molecular weight excluding hydrogens is 390 g/mol. The summed E-state index contributed by atoms with van der Waals surface area (Å²) in [5.41, 5.74) is 2.85. The van der Waals surface area contributed by atoms with Crippen LogP contribution in [-0.2, 0) is 4.79 Å². The molecule has 144 valence electrons. The Morgan fingerprint density at radius 2 is 2.07 bits per heavy atom. The Hall–Kier alpha value is -2.11. The molecule has 2 fully saturated rings. The molecule has 0 atom stereocenters. The number of carbonyl (C=O) groups excluding carboxylic acids is 1. The summed E-state index contributed by atoms with van der Waals surface area (Å²) in [6, 6.07) is 10.2. The molecule has 2 aliphatic rings. The van der Waals surface area contributed by atoms with Gasteiger partial charge in [-0.3, -0.25) is 14.7 Å². The minimum Gasteiger partial charge on any atom is -0.283 e. The van der Waals surface area contributed by atoms with Gasteiger partial charge in [0, 0.05) is 18.4 Å². The molecule has 0 spiro atoms. The van der Waals surface area contributed by atoms with Crippen molar-refractivity contribution in [2.45, 2.75) is 45.1 Å². The molecule has 1 aromatic carbocycles. The van der Waals surface area contributed by atoms with Crippen LogP contribution in [0.4, 0.5) is 5.69 Å². The van der Waals surface area contributed by atoms with Gasteiger partial charge < -0.3 is 0 Å². The molecule has 28 heavy (non-hydrogen) atoms. The van der Waals surface area contributed by atoms with E-state index in [0.29, 0.717) is 20.8 Å². The number of pyridine rings is 1. The molecule has 0 N–H and O–H groups in total. The van der Waals surface area contributed by atoms with Gasteiger partial charge in [0.15, 0.2) is 5.17 Å². The third kappa shape index (κ3) is 4.15. The number of aliphatic imine (C=N–C) groups is 1. The lowest BCUT2D eigenvalue weighted by Gasteiger charge is -2.30. The molecule has 1 aliphatic heterocycles. The smallest absolute Gasteiger partial charge is 0.267 e. The number of benzene rings is 1. The average molecular weight is 412 g/mol. The van der Waals surface area contributed by atoms with Gasteiger partial charge in [0.1, 0.15) is 0 Å². The highest BCUT2D eigenvalue weighted by molar-refractivity contribution is 8.18. The van der Waals surface area contributed by atoms with Crippen molar-refractivity contribution in [1.29, 1.82) is 0 Å². The third-order valence-corrected chi connectivity index (χ3v) is 6.36. The summed E-state index contributed by atoms with van der Waals surface area (Å²) >= 11 is 7.69. The second kappa shape index (κ2) is 8.50. The summed E-state index contributed by atoms with van der Waals surface area (Å²) in [4.78, 5) is 24.7. The van der Waals surface area contributed by atoms with Crippen LogP contribution >= 0.6 is 23.4 Å². The standard InChI is InChI=1S/C22H22ClN3OS/c1-15-6-5-7-16(12-15)13-20-21(27)26(17-8-3-2-4-9-17)22(28-20)25-19-10-11-24-14-18(19)23/h5-7,10-14,17H,2-4,8-9H2,1H3/b20-13-,25-22?. The fourth-order valence-electron chi connectivity index (χ4n) is 3.70. The van der Waals surface area contributed by atoms with Crippen molar-refractivity contribution in [3.63, 3.8) is 0 Å². The number of rotatable bonds is 3. The molecule has 1 saturated carbocycles. The lowest BCUT2D eigenvalue weighted by molar-refractivity contribution is -0.124. The number of hydrogen-bond acceptors (Lipinski definition) is 4. The van der Waals surface area contributed by atoms with Gasteiger partial charge in [-0.25, -0.2) is 4.99 Å². The molecule has 1 aromatic heterocycles. The number of nitrogens with zero attached hydrogens (tertiary/aromatic N) is 3. The molecule has 1 amide bonds. The van der Waals surface area contributed by atoms with E-state index in [1.807, 2.05) is 23.1 Å². The zero-order valence-electron chi connectivity index (χ0n) is 15.8. The van der Waals surface area contributed by atoms with E-state index in [9.17, 15) is 4.79 Å². The summed E-state index contributed by atoms with van der Waals surface area (Å²) in [5, 5.41) is 1.20. The summed E-state index contributed by atoms with van der Waals surface area (Å²) in [6.07, 6.45) is 10.8. The molecule has 0 bridgehead atoms. The first-order valence-corrected chi connectivity index (χ1v) is 10.8. The molecule has 0 unspecified atom stereocenters. The van der Waals surface area contributed by atoms with E-state index >= 15 is 0 Å². The first kappa shape index (κ1) is 19.2. The minimum absolute atomic E-state index is 0.0438. The number of amides is 1. The van der Waals surface area contributed by atoms with E-state index in [1.54, 1.807) is 18.5 Å². The van der Waals surface area contributed by atoms with Crippen LogP contribution in [0.1, 0.15) is 43.2 Å². The van der Waals surface area contributed by atoms with Gasteiger partial charge in [-0.2, -0.15) is 0 Å². The van der Waals surface area contributed by atoms with Gasteiger partial charge in [0.2, 0.25) is 0 Å². The van der Waals surface area contributed by atoms with Crippen molar-refractivity contribution in [2.75, 3.05) is 0 Å².